The van der Waals surface area contributed by atoms with Gasteiger partial charge in [0.1, 0.15) is 41.5 Å². The third kappa shape index (κ3) is 46.5. The van der Waals surface area contributed by atoms with E-state index in [0.717, 1.165) is 18.4 Å². The van der Waals surface area contributed by atoms with Crippen molar-refractivity contribution in [3.05, 3.63) is 35.4 Å². The number of carbonyl (C=O) groups is 18. The lowest BCUT2D eigenvalue weighted by Gasteiger charge is -2.33. The third-order valence-corrected chi connectivity index (χ3v) is 20.0. The molecular weight excluding hydrogens is 1560 g/mol. The number of hydrogen-bond acceptors (Lipinski definition) is 26. The highest BCUT2D eigenvalue weighted by molar-refractivity contribution is 5.94. The summed E-state index contributed by atoms with van der Waals surface area (Å²) in [4.78, 5) is 227. The van der Waals surface area contributed by atoms with Gasteiger partial charge < -0.3 is 88.1 Å². The molecular formula is C75H118N14O29. The fraction of sp³-hybridized carbons (Fsp3) is 0.680. The van der Waals surface area contributed by atoms with Crippen molar-refractivity contribution >= 4 is 107 Å². The van der Waals surface area contributed by atoms with Crippen molar-refractivity contribution in [1.29, 1.82) is 0 Å². The lowest BCUT2D eigenvalue weighted by molar-refractivity contribution is -0.142. The first-order valence-corrected chi connectivity index (χ1v) is 39.4. The largest absolute Gasteiger partial charge is 0.481 e. The lowest BCUT2D eigenvalue weighted by atomic mass is 9.79. The first-order valence-electron chi connectivity index (χ1n) is 39.4. The molecule has 1 saturated carbocycles. The molecule has 0 spiro atoms. The number of unbranched alkanes of at least 4 members (excludes halogenated alkanes) is 2. The molecule has 4 unspecified atom stereocenters. The van der Waals surface area contributed by atoms with E-state index in [4.69, 9.17) is 10.2 Å². The van der Waals surface area contributed by atoms with Gasteiger partial charge in [-0.2, -0.15) is 0 Å². The van der Waals surface area contributed by atoms with E-state index in [9.17, 15) is 132 Å². The zero-order valence-corrected chi connectivity index (χ0v) is 66.7. The number of rotatable bonds is 48. The maximum atomic E-state index is 13.2. The molecule has 4 rings (SSSR count). The minimum atomic E-state index is -1.52. The molecule has 2 aliphatic heterocycles. The minimum absolute atomic E-state index is 0.0175. The summed E-state index contributed by atoms with van der Waals surface area (Å²) in [5.74, 6) is -13.7. The van der Waals surface area contributed by atoms with Gasteiger partial charge in [0, 0.05) is 155 Å². The summed E-state index contributed by atoms with van der Waals surface area (Å²) in [6.07, 6.45) is 4.08. The van der Waals surface area contributed by atoms with Crippen molar-refractivity contribution in [2.75, 3.05) is 170 Å². The quantitative estimate of drug-likeness (QED) is 0.0317. The number of amides is 6. The average molecular weight is 1680 g/mol. The van der Waals surface area contributed by atoms with Crippen LogP contribution in [0.25, 0.3) is 0 Å². The topological polar surface area (TPSA) is 628 Å². The second kappa shape index (κ2) is 56.0. The Kier molecular flexibility index (Phi) is 48.3. The first-order chi connectivity index (χ1) is 55.8. The zero-order valence-electron chi connectivity index (χ0n) is 66.7. The SMILES string of the molecule is CC(=O)CN1CCN(CC(=O)O)CCN(CC(=O)O)CCN(CC(=O)CCC2CCC(C(=O)NCCCCC(NC(=O)NC(CCC(=O)O)C(=O)O)C(=O)O)CC2)CC1.O=C(O)CCC(NC(=O)NC(CCCCNC(=O)c1ccc(CCC(=O)CN2CCN(CC(=O)O)CCN(CC(=O)O)CCN(CC(=O)O)CC2)cc1)C(=O)O)C(=O)O. The molecule has 3 fully saturated rings. The van der Waals surface area contributed by atoms with E-state index in [2.05, 4.69) is 31.9 Å². The average Bonchev–Trinajstić information content (AvgIpc) is 0.883. The van der Waals surface area contributed by atoms with E-state index in [1.165, 1.54) is 6.92 Å². The normalized spacial score (nSPS) is 18.1. The second-order valence-corrected chi connectivity index (χ2v) is 29.6. The van der Waals surface area contributed by atoms with Crippen LogP contribution in [0.3, 0.4) is 0 Å². The number of nitrogens with one attached hydrogen (secondary N) is 6. The standard InChI is InChI=1S/C38H63N7O14.C37H55N7O15/c1-26(46)22-42-14-16-43(17-19-45(25-34(52)53)21-20-44(18-15-42)24-33(50)51)23-29(47)10-7-27-5-8-28(9-6-27)35(54)39-13-3-2-4-30(36(55)56)40-38(59)41-31(37(57)58)11-12-32(48)49;45-27(21-41-13-15-42(22-31(48)49)17-19-44(24-33(52)53)20-18-43(16-14-41)23-32(50)51)9-6-25-4-7-26(8-5-25)34(54)38-12-2-1-3-28(35(55)56)39-37(59)40-29(36(57)58)10-11-30(46)47/h27-28,30-31H,2-25H2,1H3,(H,39,54)(H,48,49)(H,50,51)(H,52,53)(H,55,56)(H,57,58)(H2,40,41,59);4-5,7-8,28-29H,1-3,6,9-24H2,(H,38,54)(H,46,47)(H,48,49)(H,50,51)(H,52,53)(H,55,56)(H,57,58)(H2,39,40,59). The van der Waals surface area contributed by atoms with Gasteiger partial charge in [0.05, 0.1) is 52.4 Å². The van der Waals surface area contributed by atoms with Crippen LogP contribution in [0.4, 0.5) is 9.59 Å². The molecule has 2 heterocycles. The van der Waals surface area contributed by atoms with Gasteiger partial charge in [-0.05, 0) is 120 Å². The van der Waals surface area contributed by atoms with Crippen molar-refractivity contribution in [3.63, 3.8) is 0 Å². The van der Waals surface area contributed by atoms with Crippen molar-refractivity contribution in [1.82, 2.24) is 71.1 Å². The molecule has 1 aliphatic carbocycles. The number of aliphatic carboxylic acids is 11. The number of aryl methyl sites for hydroxylation is 1. The fourth-order valence-electron chi connectivity index (χ4n) is 13.4. The predicted molar refractivity (Wildman–Crippen MR) is 416 cm³/mol. The number of ketones is 3. The molecule has 118 heavy (non-hydrogen) atoms. The Morgan fingerprint density at radius 3 is 0.941 bits per heavy atom. The highest BCUT2D eigenvalue weighted by atomic mass is 16.4. The molecule has 6 amide bonds. The highest BCUT2D eigenvalue weighted by Gasteiger charge is 2.31. The van der Waals surface area contributed by atoms with E-state index >= 15 is 0 Å². The molecule has 43 heteroatoms. The van der Waals surface area contributed by atoms with Crippen molar-refractivity contribution in [2.45, 2.75) is 147 Å². The summed E-state index contributed by atoms with van der Waals surface area (Å²) in [6, 6.07) is -1.22. The predicted octanol–water partition coefficient (Wildman–Crippen LogP) is -1.89. The summed E-state index contributed by atoms with van der Waals surface area (Å²) in [5, 5.41) is 116. The minimum Gasteiger partial charge on any atom is -0.481 e. The molecule has 4 atom stereocenters. The van der Waals surface area contributed by atoms with E-state index in [-0.39, 0.29) is 171 Å². The lowest BCUT2D eigenvalue weighted by Crippen LogP contribution is -2.51. The van der Waals surface area contributed by atoms with Crippen molar-refractivity contribution in [2.24, 2.45) is 11.8 Å². The van der Waals surface area contributed by atoms with Crippen molar-refractivity contribution in [3.8, 4) is 0 Å². The Morgan fingerprint density at radius 2 is 0.636 bits per heavy atom. The Bertz CT molecular complexity index is 3430. The van der Waals surface area contributed by atoms with E-state index in [1.54, 1.807) is 48.8 Å². The van der Waals surface area contributed by atoms with Crippen LogP contribution in [-0.4, -0.2) is 397 Å². The summed E-state index contributed by atoms with van der Waals surface area (Å²) >= 11 is 0. The van der Waals surface area contributed by atoms with Gasteiger partial charge >= 0.3 is 77.7 Å². The molecule has 662 valence electrons. The maximum absolute atomic E-state index is 13.2. The van der Waals surface area contributed by atoms with Gasteiger partial charge in [0.15, 0.2) is 0 Å². The number of nitrogens with zero attached hydrogens (tertiary/aromatic N) is 8. The molecule has 1 aromatic carbocycles. The monoisotopic (exact) mass is 1680 g/mol. The second-order valence-electron chi connectivity index (χ2n) is 29.6. The number of benzene rings is 1. The van der Waals surface area contributed by atoms with Crippen molar-refractivity contribution < 1.29 is 142 Å². The molecule has 3 aliphatic rings. The van der Waals surface area contributed by atoms with Crippen LogP contribution >= 0.6 is 0 Å². The number of Topliss-reactive ketones (excluding diaryl/α,β-unsaturated/α-hetero) is 3. The number of hydrogen-bond donors (Lipinski definition) is 17. The van der Waals surface area contributed by atoms with Gasteiger partial charge in [-0.15, -0.1) is 0 Å². The summed E-state index contributed by atoms with van der Waals surface area (Å²) in [6.45, 7) is 6.68. The smallest absolute Gasteiger partial charge is 0.326 e. The van der Waals surface area contributed by atoms with Crippen LogP contribution in [0.15, 0.2) is 24.3 Å². The van der Waals surface area contributed by atoms with Crippen LogP contribution in [-0.2, 0) is 78.3 Å². The number of carboxylic acids is 11. The van der Waals surface area contributed by atoms with Gasteiger partial charge in [-0.25, -0.2) is 28.8 Å². The van der Waals surface area contributed by atoms with Crippen LogP contribution < -0.4 is 31.9 Å². The number of carbonyl (C=O) groups excluding carboxylic acids is 7. The van der Waals surface area contributed by atoms with Gasteiger partial charge in [-0.3, -0.25) is 96.7 Å². The van der Waals surface area contributed by atoms with Crippen LogP contribution in [0.2, 0.25) is 0 Å². The Morgan fingerprint density at radius 1 is 0.339 bits per heavy atom. The van der Waals surface area contributed by atoms with E-state index in [1.807, 2.05) is 14.7 Å². The molecule has 2 saturated heterocycles. The summed E-state index contributed by atoms with van der Waals surface area (Å²) in [7, 11) is 0. The molecule has 1 aromatic rings. The highest BCUT2D eigenvalue weighted by Crippen LogP contribution is 2.32. The summed E-state index contributed by atoms with van der Waals surface area (Å²) in [5.41, 5.74) is 1.14. The maximum Gasteiger partial charge on any atom is 0.326 e. The third-order valence-electron chi connectivity index (χ3n) is 20.0. The van der Waals surface area contributed by atoms with Crippen LogP contribution in [0.5, 0.6) is 0 Å². The number of urea groups is 2. The van der Waals surface area contributed by atoms with E-state index < -0.39 is 121 Å². The molecule has 17 N–H and O–H groups in total. The molecule has 43 nitrogen and oxygen atoms in total. The summed E-state index contributed by atoms with van der Waals surface area (Å²) < 4.78 is 0. The number of carboxylic acid groups (broad SMARTS) is 11. The van der Waals surface area contributed by atoms with E-state index in [0.29, 0.717) is 129 Å². The molecule has 0 bridgehead atoms. The Hall–Kier alpha value is -10.4. The zero-order chi connectivity index (χ0) is 87.8. The van der Waals surface area contributed by atoms with Gasteiger partial charge in [-0.1, -0.05) is 12.1 Å². The molecule has 0 aromatic heterocycles. The Balaban J connectivity index is 0.000000610. The van der Waals surface area contributed by atoms with Crippen LogP contribution in [0.1, 0.15) is 132 Å². The van der Waals surface area contributed by atoms with Gasteiger partial charge in [0.25, 0.3) is 5.91 Å². The first kappa shape index (κ1) is 102. The molecule has 0 radical (unpaired) electrons. The van der Waals surface area contributed by atoms with Crippen LogP contribution in [0, 0.1) is 11.8 Å². The van der Waals surface area contributed by atoms with Gasteiger partial charge in [0.2, 0.25) is 5.91 Å². The fourth-order valence-corrected chi connectivity index (χ4v) is 13.4. The Labute approximate surface area is 682 Å².